The molecule has 0 aliphatic heterocycles. The SMILES string of the molecule is Cc1csc([C@@H](C)N(C)C(=O)c2cnn(-c3ncc4c(n3)-c3ccccc3CCC4)c2C)n1. The van der Waals surface area contributed by atoms with Gasteiger partial charge in [-0.05, 0) is 51.2 Å². The van der Waals surface area contributed by atoms with Crippen LogP contribution in [0.1, 0.15) is 57.3 Å². The number of rotatable bonds is 4. The highest BCUT2D eigenvalue weighted by Gasteiger charge is 2.25. The van der Waals surface area contributed by atoms with Gasteiger partial charge in [-0.15, -0.1) is 11.3 Å². The molecule has 1 aliphatic rings. The van der Waals surface area contributed by atoms with E-state index in [0.29, 0.717) is 11.5 Å². The Bertz CT molecular complexity index is 1340. The predicted molar refractivity (Wildman–Crippen MR) is 129 cm³/mol. The van der Waals surface area contributed by atoms with Crippen molar-refractivity contribution in [1.29, 1.82) is 0 Å². The number of aromatic nitrogens is 5. The minimum atomic E-state index is -0.126. The Balaban J connectivity index is 1.48. The maximum atomic E-state index is 13.3. The van der Waals surface area contributed by atoms with E-state index in [9.17, 15) is 4.79 Å². The molecule has 3 aromatic heterocycles. The molecule has 0 unspecified atom stereocenters. The molecule has 4 aromatic rings. The van der Waals surface area contributed by atoms with Crippen LogP contribution in [0.25, 0.3) is 17.2 Å². The Kier molecular flexibility index (Phi) is 5.54. The molecule has 0 saturated carbocycles. The highest BCUT2D eigenvalue weighted by atomic mass is 32.1. The smallest absolute Gasteiger partial charge is 0.257 e. The second-order valence-electron chi connectivity index (χ2n) is 8.53. The van der Waals surface area contributed by atoms with Crippen molar-refractivity contribution in [2.45, 2.75) is 46.1 Å². The summed E-state index contributed by atoms with van der Waals surface area (Å²) in [5.74, 6) is 0.382. The summed E-state index contributed by atoms with van der Waals surface area (Å²) in [5.41, 5.74) is 6.79. The number of carbonyl (C=O) groups is 1. The summed E-state index contributed by atoms with van der Waals surface area (Å²) in [4.78, 5) is 29.0. The van der Waals surface area contributed by atoms with Crippen molar-refractivity contribution in [3.63, 3.8) is 0 Å². The predicted octanol–water partition coefficient (Wildman–Crippen LogP) is 4.72. The largest absolute Gasteiger partial charge is 0.332 e. The highest BCUT2D eigenvalue weighted by Crippen LogP contribution is 2.31. The van der Waals surface area contributed by atoms with Gasteiger partial charge in [0.15, 0.2) is 0 Å². The second kappa shape index (κ2) is 8.51. The van der Waals surface area contributed by atoms with E-state index < -0.39 is 0 Å². The quantitative estimate of drug-likeness (QED) is 0.442. The summed E-state index contributed by atoms with van der Waals surface area (Å²) in [5, 5.41) is 7.40. The van der Waals surface area contributed by atoms with E-state index in [2.05, 4.69) is 33.3 Å². The molecule has 0 radical (unpaired) electrons. The van der Waals surface area contributed by atoms with Gasteiger partial charge in [-0.2, -0.15) is 5.10 Å². The zero-order valence-electron chi connectivity index (χ0n) is 19.2. The van der Waals surface area contributed by atoms with Gasteiger partial charge in [0.2, 0.25) is 0 Å². The zero-order chi connectivity index (χ0) is 23.1. The fraction of sp³-hybridized carbons (Fsp3) is 0.320. The van der Waals surface area contributed by atoms with Gasteiger partial charge < -0.3 is 4.90 Å². The standard InChI is InChI=1S/C25H26N6OS/c1-15-14-33-23(28-15)17(3)30(4)24(32)21-13-27-31(16(21)2)25-26-12-19-10-7-9-18-8-5-6-11-20(18)22(19)29-25/h5-6,8,11-14,17H,7,9-10H2,1-4H3/t17-/m1/s1. The van der Waals surface area contributed by atoms with Crippen LogP contribution < -0.4 is 0 Å². The molecule has 1 aromatic carbocycles. The van der Waals surface area contributed by atoms with Crippen molar-refractivity contribution in [2.75, 3.05) is 7.05 Å². The van der Waals surface area contributed by atoms with Crippen LogP contribution in [0, 0.1) is 13.8 Å². The summed E-state index contributed by atoms with van der Waals surface area (Å²) < 4.78 is 1.66. The van der Waals surface area contributed by atoms with Crippen LogP contribution >= 0.6 is 11.3 Å². The van der Waals surface area contributed by atoms with Crippen LogP contribution in [-0.4, -0.2) is 42.6 Å². The summed E-state index contributed by atoms with van der Waals surface area (Å²) >= 11 is 1.57. The molecule has 1 amide bonds. The number of carbonyl (C=O) groups excluding carboxylic acids is 1. The molecule has 0 saturated heterocycles. The third kappa shape index (κ3) is 3.84. The van der Waals surface area contributed by atoms with Gasteiger partial charge in [-0.3, -0.25) is 4.79 Å². The fourth-order valence-corrected chi connectivity index (χ4v) is 5.17. The monoisotopic (exact) mass is 458 g/mol. The third-order valence-electron chi connectivity index (χ3n) is 6.34. The average molecular weight is 459 g/mol. The van der Waals surface area contributed by atoms with E-state index in [4.69, 9.17) is 4.98 Å². The lowest BCUT2D eigenvalue weighted by molar-refractivity contribution is 0.0741. The topological polar surface area (TPSA) is 76.8 Å². The molecule has 33 heavy (non-hydrogen) atoms. The van der Waals surface area contributed by atoms with Crippen LogP contribution in [0.5, 0.6) is 0 Å². The van der Waals surface area contributed by atoms with Crippen LogP contribution in [0.4, 0.5) is 0 Å². The van der Waals surface area contributed by atoms with Crippen molar-refractivity contribution in [2.24, 2.45) is 0 Å². The molecule has 1 atom stereocenters. The molecular formula is C25H26N6OS. The first-order valence-electron chi connectivity index (χ1n) is 11.1. The van der Waals surface area contributed by atoms with Gasteiger partial charge in [0.25, 0.3) is 11.9 Å². The minimum absolute atomic E-state index is 0.0980. The summed E-state index contributed by atoms with van der Waals surface area (Å²) in [6, 6.07) is 8.29. The minimum Gasteiger partial charge on any atom is -0.332 e. The maximum Gasteiger partial charge on any atom is 0.257 e. The van der Waals surface area contributed by atoms with Crippen LogP contribution in [0.15, 0.2) is 42.0 Å². The number of amides is 1. The van der Waals surface area contributed by atoms with Crippen molar-refractivity contribution in [1.82, 2.24) is 29.6 Å². The molecule has 5 rings (SSSR count). The first kappa shape index (κ1) is 21.5. The average Bonchev–Trinajstić information content (AvgIpc) is 3.38. The van der Waals surface area contributed by atoms with Gasteiger partial charge >= 0.3 is 0 Å². The lowest BCUT2D eigenvalue weighted by atomic mass is 10.0. The summed E-state index contributed by atoms with van der Waals surface area (Å²) in [6.45, 7) is 5.83. The first-order chi connectivity index (χ1) is 15.9. The Morgan fingerprint density at radius 3 is 2.70 bits per heavy atom. The molecule has 3 heterocycles. The molecule has 8 heteroatoms. The van der Waals surface area contributed by atoms with E-state index in [1.165, 1.54) is 5.56 Å². The molecular weight excluding hydrogens is 432 g/mol. The third-order valence-corrected chi connectivity index (χ3v) is 7.47. The van der Waals surface area contributed by atoms with Crippen molar-refractivity contribution < 1.29 is 4.79 Å². The van der Waals surface area contributed by atoms with Gasteiger partial charge in [-0.25, -0.2) is 19.6 Å². The van der Waals surface area contributed by atoms with E-state index >= 15 is 0 Å². The van der Waals surface area contributed by atoms with Crippen LogP contribution in [-0.2, 0) is 12.8 Å². The molecule has 0 fully saturated rings. The summed E-state index contributed by atoms with van der Waals surface area (Å²) in [7, 11) is 1.80. The molecule has 0 N–H and O–H groups in total. The number of hydrogen-bond donors (Lipinski definition) is 0. The van der Waals surface area contributed by atoms with Gasteiger partial charge in [0, 0.05) is 29.9 Å². The van der Waals surface area contributed by atoms with Crippen LogP contribution in [0.3, 0.4) is 0 Å². The Labute approximate surface area is 197 Å². The Morgan fingerprint density at radius 2 is 1.91 bits per heavy atom. The number of thiazole rings is 1. The number of fused-ring (bicyclic) bond motifs is 3. The molecule has 7 nitrogen and oxygen atoms in total. The number of nitrogens with zero attached hydrogens (tertiary/aromatic N) is 6. The number of hydrogen-bond acceptors (Lipinski definition) is 6. The fourth-order valence-electron chi connectivity index (χ4n) is 4.27. The maximum absolute atomic E-state index is 13.3. The first-order valence-corrected chi connectivity index (χ1v) is 12.0. The highest BCUT2D eigenvalue weighted by molar-refractivity contribution is 7.09. The van der Waals surface area contributed by atoms with E-state index in [0.717, 1.165) is 52.5 Å². The molecule has 0 bridgehead atoms. The van der Waals surface area contributed by atoms with Gasteiger partial charge in [-0.1, -0.05) is 24.3 Å². The van der Waals surface area contributed by atoms with Crippen molar-refractivity contribution in [3.8, 4) is 17.2 Å². The zero-order valence-corrected chi connectivity index (χ0v) is 20.1. The van der Waals surface area contributed by atoms with Gasteiger partial charge in [0.1, 0.15) is 5.01 Å². The second-order valence-corrected chi connectivity index (χ2v) is 9.42. The lowest BCUT2D eigenvalue weighted by Gasteiger charge is -2.23. The number of benzene rings is 1. The van der Waals surface area contributed by atoms with E-state index in [1.54, 1.807) is 34.2 Å². The van der Waals surface area contributed by atoms with Crippen molar-refractivity contribution >= 4 is 17.2 Å². The normalized spacial score (nSPS) is 13.7. The Hall–Kier alpha value is -3.39. The van der Waals surface area contributed by atoms with Crippen molar-refractivity contribution in [3.05, 3.63) is 75.1 Å². The van der Waals surface area contributed by atoms with Gasteiger partial charge in [0.05, 0.1) is 29.2 Å². The van der Waals surface area contributed by atoms with E-state index in [1.807, 2.05) is 38.4 Å². The van der Waals surface area contributed by atoms with E-state index in [-0.39, 0.29) is 11.9 Å². The Morgan fingerprint density at radius 1 is 1.12 bits per heavy atom. The van der Waals surface area contributed by atoms with Crippen LogP contribution in [0.2, 0.25) is 0 Å². The molecule has 168 valence electrons. The number of aryl methyl sites for hydroxylation is 3. The molecule has 0 spiro atoms. The summed E-state index contributed by atoms with van der Waals surface area (Å²) in [6.07, 6.45) is 6.57. The molecule has 1 aliphatic carbocycles. The lowest BCUT2D eigenvalue weighted by Crippen LogP contribution is -2.30.